The van der Waals surface area contributed by atoms with E-state index in [1.165, 1.54) is 0 Å². The van der Waals surface area contributed by atoms with Gasteiger partial charge in [0.15, 0.2) is 0 Å². The van der Waals surface area contributed by atoms with E-state index in [0.717, 1.165) is 17.0 Å². The Morgan fingerprint density at radius 3 is 2.87 bits per heavy atom. The minimum atomic E-state index is 0.0251. The predicted molar refractivity (Wildman–Crippen MR) is 65.8 cm³/mol. The van der Waals surface area contributed by atoms with Crippen LogP contribution in [-0.2, 0) is 4.79 Å². The Bertz CT molecular complexity index is 339. The highest BCUT2D eigenvalue weighted by atomic mass is 32.1. The van der Waals surface area contributed by atoms with Crippen LogP contribution in [0.2, 0.25) is 0 Å². The van der Waals surface area contributed by atoms with E-state index >= 15 is 0 Å². The zero-order valence-electron chi connectivity index (χ0n) is 9.41. The Morgan fingerprint density at radius 2 is 2.33 bits per heavy atom. The van der Waals surface area contributed by atoms with Crippen molar-refractivity contribution in [3.05, 3.63) is 28.0 Å². The Hall–Kier alpha value is -1.09. The first kappa shape index (κ1) is 12.0. The number of amides is 1. The van der Waals surface area contributed by atoms with Crippen LogP contribution in [0.3, 0.4) is 0 Å². The molecule has 0 spiro atoms. The van der Waals surface area contributed by atoms with E-state index < -0.39 is 0 Å². The molecule has 82 valence electrons. The van der Waals surface area contributed by atoms with Gasteiger partial charge in [-0.1, -0.05) is 19.9 Å². The van der Waals surface area contributed by atoms with Gasteiger partial charge in [0, 0.05) is 17.0 Å². The number of hydrogen-bond acceptors (Lipinski definition) is 2. The Balaban J connectivity index is 2.53. The minimum Gasteiger partial charge on any atom is -0.352 e. The van der Waals surface area contributed by atoms with Crippen LogP contribution in [0.5, 0.6) is 0 Å². The van der Waals surface area contributed by atoms with E-state index in [9.17, 15) is 4.79 Å². The number of nitrogens with one attached hydrogen (secondary N) is 1. The average Bonchev–Trinajstić information content (AvgIpc) is 2.66. The highest BCUT2D eigenvalue weighted by Gasteiger charge is 2.04. The van der Waals surface area contributed by atoms with Crippen LogP contribution in [-0.4, -0.2) is 12.5 Å². The SMILES string of the molecule is C/C(=C\c1cccs1)C(=O)NCC(C)C. The molecule has 0 fully saturated rings. The lowest BCUT2D eigenvalue weighted by Gasteiger charge is -2.07. The molecule has 0 aromatic carbocycles. The van der Waals surface area contributed by atoms with E-state index in [0.29, 0.717) is 5.92 Å². The molecule has 0 unspecified atom stereocenters. The highest BCUT2D eigenvalue weighted by Crippen LogP contribution is 2.13. The molecule has 3 heteroatoms. The molecule has 1 amide bonds. The summed E-state index contributed by atoms with van der Waals surface area (Å²) in [5, 5.41) is 4.90. The first-order valence-electron chi connectivity index (χ1n) is 5.09. The maximum atomic E-state index is 11.6. The summed E-state index contributed by atoms with van der Waals surface area (Å²) in [6.45, 7) is 6.74. The maximum absolute atomic E-state index is 11.6. The zero-order valence-corrected chi connectivity index (χ0v) is 10.2. The predicted octanol–water partition coefficient (Wildman–Crippen LogP) is 2.92. The van der Waals surface area contributed by atoms with Gasteiger partial charge in [-0.15, -0.1) is 11.3 Å². The molecule has 1 aromatic rings. The summed E-state index contributed by atoms with van der Waals surface area (Å²) >= 11 is 1.64. The summed E-state index contributed by atoms with van der Waals surface area (Å²) in [7, 11) is 0. The molecule has 1 N–H and O–H groups in total. The molecule has 0 saturated carbocycles. The van der Waals surface area contributed by atoms with Crippen molar-refractivity contribution >= 4 is 23.3 Å². The molecule has 0 atom stereocenters. The summed E-state index contributed by atoms with van der Waals surface area (Å²) in [4.78, 5) is 12.7. The molecule has 15 heavy (non-hydrogen) atoms. The zero-order chi connectivity index (χ0) is 11.3. The van der Waals surface area contributed by atoms with Crippen LogP contribution in [0, 0.1) is 5.92 Å². The molecule has 0 saturated heterocycles. The molecule has 0 aliphatic rings. The molecule has 0 radical (unpaired) electrons. The Morgan fingerprint density at radius 1 is 1.60 bits per heavy atom. The van der Waals surface area contributed by atoms with Crippen molar-refractivity contribution in [2.75, 3.05) is 6.54 Å². The molecular weight excluding hydrogens is 206 g/mol. The summed E-state index contributed by atoms with van der Waals surface area (Å²) in [6.07, 6.45) is 1.92. The van der Waals surface area contributed by atoms with Crippen LogP contribution in [0.15, 0.2) is 23.1 Å². The molecule has 1 rings (SSSR count). The molecular formula is C12H17NOS. The van der Waals surface area contributed by atoms with Gasteiger partial charge in [0.1, 0.15) is 0 Å². The lowest BCUT2D eigenvalue weighted by atomic mass is 10.2. The lowest BCUT2D eigenvalue weighted by Crippen LogP contribution is -2.27. The van der Waals surface area contributed by atoms with Crippen LogP contribution >= 0.6 is 11.3 Å². The lowest BCUT2D eigenvalue weighted by molar-refractivity contribution is -0.117. The smallest absolute Gasteiger partial charge is 0.246 e. The standard InChI is InChI=1S/C12H17NOS/c1-9(2)8-13-12(14)10(3)7-11-5-4-6-15-11/h4-7,9H,8H2,1-3H3,(H,13,14)/b10-7+. The second kappa shape index (κ2) is 5.71. The highest BCUT2D eigenvalue weighted by molar-refractivity contribution is 7.10. The number of rotatable bonds is 4. The van der Waals surface area contributed by atoms with E-state index in [2.05, 4.69) is 19.2 Å². The molecule has 0 aliphatic carbocycles. The van der Waals surface area contributed by atoms with Crippen LogP contribution in [0.4, 0.5) is 0 Å². The van der Waals surface area contributed by atoms with Crippen molar-refractivity contribution < 1.29 is 4.79 Å². The summed E-state index contributed by atoms with van der Waals surface area (Å²) < 4.78 is 0. The van der Waals surface area contributed by atoms with Gasteiger partial charge in [0.05, 0.1) is 0 Å². The van der Waals surface area contributed by atoms with Crippen molar-refractivity contribution in [3.8, 4) is 0 Å². The van der Waals surface area contributed by atoms with E-state index in [1.54, 1.807) is 11.3 Å². The van der Waals surface area contributed by atoms with Crippen LogP contribution in [0.25, 0.3) is 6.08 Å². The molecule has 0 aliphatic heterocycles. The third-order valence-corrected chi connectivity index (χ3v) is 2.75. The monoisotopic (exact) mass is 223 g/mol. The van der Waals surface area contributed by atoms with Crippen molar-refractivity contribution in [1.82, 2.24) is 5.32 Å². The number of carbonyl (C=O) groups excluding carboxylic acids is 1. The maximum Gasteiger partial charge on any atom is 0.246 e. The fraction of sp³-hybridized carbons (Fsp3) is 0.417. The first-order chi connectivity index (χ1) is 7.09. The molecule has 2 nitrogen and oxygen atoms in total. The topological polar surface area (TPSA) is 29.1 Å². The third kappa shape index (κ3) is 4.30. The molecule has 0 bridgehead atoms. The van der Waals surface area contributed by atoms with Crippen LogP contribution in [0.1, 0.15) is 25.6 Å². The van der Waals surface area contributed by atoms with Gasteiger partial charge in [0.2, 0.25) is 5.91 Å². The fourth-order valence-electron chi connectivity index (χ4n) is 1.09. The third-order valence-electron chi connectivity index (χ3n) is 1.93. The summed E-state index contributed by atoms with van der Waals surface area (Å²) in [5.41, 5.74) is 0.762. The first-order valence-corrected chi connectivity index (χ1v) is 5.97. The van der Waals surface area contributed by atoms with Gasteiger partial charge in [-0.25, -0.2) is 0 Å². The normalized spacial score (nSPS) is 11.9. The Kier molecular flexibility index (Phi) is 4.56. The van der Waals surface area contributed by atoms with Crippen molar-refractivity contribution in [2.24, 2.45) is 5.92 Å². The van der Waals surface area contributed by atoms with Gasteiger partial charge in [0.25, 0.3) is 0 Å². The van der Waals surface area contributed by atoms with E-state index in [4.69, 9.17) is 0 Å². The van der Waals surface area contributed by atoms with E-state index in [-0.39, 0.29) is 5.91 Å². The van der Waals surface area contributed by atoms with Gasteiger partial charge >= 0.3 is 0 Å². The van der Waals surface area contributed by atoms with Crippen molar-refractivity contribution in [1.29, 1.82) is 0 Å². The van der Waals surface area contributed by atoms with Crippen LogP contribution < -0.4 is 5.32 Å². The number of hydrogen-bond donors (Lipinski definition) is 1. The van der Waals surface area contributed by atoms with Gasteiger partial charge in [-0.3, -0.25) is 4.79 Å². The van der Waals surface area contributed by atoms with Gasteiger partial charge in [-0.05, 0) is 30.4 Å². The summed E-state index contributed by atoms with van der Waals surface area (Å²) in [6, 6.07) is 3.99. The van der Waals surface area contributed by atoms with Gasteiger partial charge in [-0.2, -0.15) is 0 Å². The average molecular weight is 223 g/mol. The quantitative estimate of drug-likeness (QED) is 0.781. The van der Waals surface area contributed by atoms with Crippen molar-refractivity contribution in [2.45, 2.75) is 20.8 Å². The molecule has 1 heterocycles. The summed E-state index contributed by atoms with van der Waals surface area (Å²) in [5.74, 6) is 0.514. The van der Waals surface area contributed by atoms with Crippen molar-refractivity contribution in [3.63, 3.8) is 0 Å². The van der Waals surface area contributed by atoms with E-state index in [1.807, 2.05) is 30.5 Å². The second-order valence-corrected chi connectivity index (χ2v) is 4.93. The molecule has 1 aromatic heterocycles. The minimum absolute atomic E-state index is 0.0251. The second-order valence-electron chi connectivity index (χ2n) is 3.95. The fourth-order valence-corrected chi connectivity index (χ4v) is 1.80. The Labute approximate surface area is 95.0 Å². The number of thiophene rings is 1. The van der Waals surface area contributed by atoms with Gasteiger partial charge < -0.3 is 5.32 Å². The largest absolute Gasteiger partial charge is 0.352 e. The number of carbonyl (C=O) groups is 1.